The molecule has 0 aromatic carbocycles. The first-order chi connectivity index (χ1) is 8.29. The second-order valence-electron chi connectivity index (χ2n) is 4.26. The van der Waals surface area contributed by atoms with Crippen LogP contribution in [0.2, 0.25) is 0 Å². The number of hydrogen-bond donors (Lipinski definition) is 1. The third-order valence-corrected chi connectivity index (χ3v) is 3.07. The Balaban J connectivity index is 1.91. The minimum absolute atomic E-state index is 0.0568. The number of carbonyl (C=O) groups is 1. The van der Waals surface area contributed by atoms with E-state index in [1.165, 1.54) is 0 Å². The topological polar surface area (TPSA) is 45.5 Å². The fraction of sp³-hybridized carbons (Fsp3) is 0.462. The Morgan fingerprint density at radius 3 is 3.24 bits per heavy atom. The van der Waals surface area contributed by atoms with Gasteiger partial charge in [-0.3, -0.25) is 4.79 Å². The van der Waals surface area contributed by atoms with Crippen LogP contribution in [0.4, 0.5) is 0 Å². The van der Waals surface area contributed by atoms with Crippen molar-refractivity contribution >= 4 is 12.0 Å². The lowest BCUT2D eigenvalue weighted by molar-refractivity contribution is -0.127. The van der Waals surface area contributed by atoms with Gasteiger partial charge < -0.3 is 14.6 Å². The lowest BCUT2D eigenvalue weighted by Gasteiger charge is -2.31. The summed E-state index contributed by atoms with van der Waals surface area (Å²) in [6.07, 6.45) is 7.10. The molecule has 1 aromatic rings. The summed E-state index contributed by atoms with van der Waals surface area (Å²) in [5, 5.41) is 3.22. The molecule has 4 heteroatoms. The largest absolute Gasteiger partial charge is 0.465 e. The maximum absolute atomic E-state index is 11.9. The van der Waals surface area contributed by atoms with Crippen molar-refractivity contribution < 1.29 is 9.21 Å². The summed E-state index contributed by atoms with van der Waals surface area (Å²) >= 11 is 0. The van der Waals surface area contributed by atoms with Gasteiger partial charge in [-0.25, -0.2) is 0 Å². The molecule has 2 heterocycles. The van der Waals surface area contributed by atoms with Gasteiger partial charge in [0.2, 0.25) is 5.91 Å². The molecule has 1 unspecified atom stereocenters. The minimum Gasteiger partial charge on any atom is -0.465 e. The molecule has 1 fully saturated rings. The van der Waals surface area contributed by atoms with Gasteiger partial charge in [0.1, 0.15) is 5.76 Å². The van der Waals surface area contributed by atoms with Crippen molar-refractivity contribution in [2.75, 3.05) is 20.1 Å². The molecule has 0 bridgehead atoms. The molecule has 0 radical (unpaired) electrons. The van der Waals surface area contributed by atoms with E-state index in [-0.39, 0.29) is 5.91 Å². The first kappa shape index (κ1) is 11.9. The summed E-state index contributed by atoms with van der Waals surface area (Å²) in [7, 11) is 1.94. The molecule has 1 atom stereocenters. The Morgan fingerprint density at radius 2 is 2.53 bits per heavy atom. The number of piperidine rings is 1. The van der Waals surface area contributed by atoms with Crippen molar-refractivity contribution in [3.63, 3.8) is 0 Å². The molecule has 1 N–H and O–H groups in total. The van der Waals surface area contributed by atoms with E-state index < -0.39 is 0 Å². The number of rotatable bonds is 3. The molecule has 92 valence electrons. The van der Waals surface area contributed by atoms with Crippen LogP contribution in [0, 0.1) is 0 Å². The lowest BCUT2D eigenvalue weighted by Crippen LogP contribution is -2.46. The van der Waals surface area contributed by atoms with E-state index in [9.17, 15) is 4.79 Å². The minimum atomic E-state index is 0.0568. The Bertz CT molecular complexity index is 384. The normalized spacial score (nSPS) is 21.0. The lowest BCUT2D eigenvalue weighted by atomic mass is 10.1. The van der Waals surface area contributed by atoms with E-state index in [2.05, 4.69) is 5.32 Å². The van der Waals surface area contributed by atoms with Gasteiger partial charge in [0, 0.05) is 25.2 Å². The van der Waals surface area contributed by atoms with Crippen LogP contribution in [0.3, 0.4) is 0 Å². The molecule has 0 aliphatic carbocycles. The second-order valence-corrected chi connectivity index (χ2v) is 4.26. The molecule has 1 amide bonds. The average molecular weight is 234 g/mol. The van der Waals surface area contributed by atoms with Crippen molar-refractivity contribution in [3.8, 4) is 0 Å². The molecule has 0 spiro atoms. The van der Waals surface area contributed by atoms with E-state index in [0.717, 1.165) is 25.9 Å². The van der Waals surface area contributed by atoms with E-state index >= 15 is 0 Å². The van der Waals surface area contributed by atoms with Gasteiger partial charge in [0.15, 0.2) is 0 Å². The van der Waals surface area contributed by atoms with Gasteiger partial charge in [-0.1, -0.05) is 0 Å². The number of nitrogens with one attached hydrogen (secondary N) is 1. The zero-order valence-corrected chi connectivity index (χ0v) is 10.1. The maximum atomic E-state index is 11.9. The first-order valence-electron chi connectivity index (χ1n) is 5.97. The highest BCUT2D eigenvalue weighted by molar-refractivity contribution is 5.91. The second kappa shape index (κ2) is 5.68. The molecule has 0 saturated carbocycles. The van der Waals surface area contributed by atoms with Gasteiger partial charge >= 0.3 is 0 Å². The maximum Gasteiger partial charge on any atom is 0.246 e. The standard InChI is InChI=1S/C13H18N2O2/c1-14-11-4-2-8-15(10-11)13(16)7-6-12-5-3-9-17-12/h3,5-7,9,11,14H,2,4,8,10H2,1H3. The third kappa shape index (κ3) is 3.20. The summed E-state index contributed by atoms with van der Waals surface area (Å²) in [5.74, 6) is 0.766. The zero-order valence-electron chi connectivity index (χ0n) is 10.1. The van der Waals surface area contributed by atoms with Crippen LogP contribution in [0.5, 0.6) is 0 Å². The number of nitrogens with zero attached hydrogens (tertiary/aromatic N) is 1. The van der Waals surface area contributed by atoms with E-state index in [1.807, 2.05) is 24.1 Å². The highest BCUT2D eigenvalue weighted by Crippen LogP contribution is 2.11. The van der Waals surface area contributed by atoms with Crippen LogP contribution in [0.25, 0.3) is 6.08 Å². The van der Waals surface area contributed by atoms with Crippen LogP contribution >= 0.6 is 0 Å². The highest BCUT2D eigenvalue weighted by atomic mass is 16.3. The first-order valence-corrected chi connectivity index (χ1v) is 5.97. The molecule has 1 aliphatic heterocycles. The smallest absolute Gasteiger partial charge is 0.246 e. The van der Waals surface area contributed by atoms with Crippen LogP contribution < -0.4 is 5.32 Å². The summed E-state index contributed by atoms with van der Waals surface area (Å²) in [4.78, 5) is 13.8. The van der Waals surface area contributed by atoms with Crippen molar-refractivity contribution in [2.45, 2.75) is 18.9 Å². The fourth-order valence-electron chi connectivity index (χ4n) is 2.06. The summed E-state index contributed by atoms with van der Waals surface area (Å²) < 4.78 is 5.14. The predicted molar refractivity (Wildman–Crippen MR) is 66.4 cm³/mol. The molecule has 1 aliphatic rings. The monoisotopic (exact) mass is 234 g/mol. The molecule has 2 rings (SSSR count). The van der Waals surface area contributed by atoms with E-state index in [4.69, 9.17) is 4.42 Å². The molecule has 1 aromatic heterocycles. The number of likely N-dealkylation sites (N-methyl/N-ethyl adjacent to an activating group) is 1. The number of hydrogen-bond acceptors (Lipinski definition) is 3. The Morgan fingerprint density at radius 1 is 1.65 bits per heavy atom. The number of amides is 1. The van der Waals surface area contributed by atoms with Crippen molar-refractivity contribution in [1.29, 1.82) is 0 Å². The molecular weight excluding hydrogens is 216 g/mol. The van der Waals surface area contributed by atoms with Gasteiger partial charge in [-0.15, -0.1) is 0 Å². The summed E-state index contributed by atoms with van der Waals surface area (Å²) in [6.45, 7) is 1.64. The fourth-order valence-corrected chi connectivity index (χ4v) is 2.06. The van der Waals surface area contributed by atoms with Crippen LogP contribution in [0.1, 0.15) is 18.6 Å². The molecule has 17 heavy (non-hydrogen) atoms. The van der Waals surface area contributed by atoms with Crippen molar-refractivity contribution in [3.05, 3.63) is 30.2 Å². The quantitative estimate of drug-likeness (QED) is 0.806. The predicted octanol–water partition coefficient (Wildman–Crippen LogP) is 1.50. The number of likely N-dealkylation sites (tertiary alicyclic amines) is 1. The average Bonchev–Trinajstić information content (AvgIpc) is 2.89. The molecule has 4 nitrogen and oxygen atoms in total. The van der Waals surface area contributed by atoms with Crippen LogP contribution in [-0.2, 0) is 4.79 Å². The Labute approximate surface area is 101 Å². The van der Waals surface area contributed by atoms with Crippen LogP contribution in [-0.4, -0.2) is 37.0 Å². The Hall–Kier alpha value is -1.55. The zero-order chi connectivity index (χ0) is 12.1. The van der Waals surface area contributed by atoms with Gasteiger partial charge in [-0.05, 0) is 38.1 Å². The van der Waals surface area contributed by atoms with E-state index in [1.54, 1.807) is 18.4 Å². The van der Waals surface area contributed by atoms with Gasteiger partial charge in [0.05, 0.1) is 6.26 Å². The SMILES string of the molecule is CNC1CCCN(C(=O)C=Cc2ccco2)C1. The Kier molecular flexibility index (Phi) is 3.98. The van der Waals surface area contributed by atoms with Crippen LogP contribution in [0.15, 0.2) is 28.9 Å². The van der Waals surface area contributed by atoms with Crippen molar-refractivity contribution in [1.82, 2.24) is 10.2 Å². The molecular formula is C13H18N2O2. The molecule has 1 saturated heterocycles. The summed E-state index contributed by atoms with van der Waals surface area (Å²) in [6, 6.07) is 4.06. The van der Waals surface area contributed by atoms with Gasteiger partial charge in [0.25, 0.3) is 0 Å². The third-order valence-electron chi connectivity index (χ3n) is 3.07. The number of furan rings is 1. The summed E-state index contributed by atoms with van der Waals surface area (Å²) in [5.41, 5.74) is 0. The van der Waals surface area contributed by atoms with E-state index in [0.29, 0.717) is 11.8 Å². The van der Waals surface area contributed by atoms with Crippen molar-refractivity contribution in [2.24, 2.45) is 0 Å². The van der Waals surface area contributed by atoms with Gasteiger partial charge in [-0.2, -0.15) is 0 Å². The highest BCUT2D eigenvalue weighted by Gasteiger charge is 2.20. The number of carbonyl (C=O) groups excluding carboxylic acids is 1.